The summed E-state index contributed by atoms with van der Waals surface area (Å²) >= 11 is 0. The number of halogens is 1. The van der Waals surface area contributed by atoms with Crippen molar-refractivity contribution < 1.29 is 28.6 Å². The minimum atomic E-state index is -1.19. The van der Waals surface area contributed by atoms with Crippen LogP contribution in [0.25, 0.3) is 6.08 Å². The van der Waals surface area contributed by atoms with Crippen LogP contribution in [0.3, 0.4) is 0 Å². The van der Waals surface area contributed by atoms with Crippen LogP contribution in [0.4, 0.5) is 4.39 Å². The molecule has 3 atom stereocenters. The molecule has 4 N–H and O–H groups in total. The van der Waals surface area contributed by atoms with E-state index in [-0.39, 0.29) is 24.8 Å². The van der Waals surface area contributed by atoms with Crippen molar-refractivity contribution in [3.63, 3.8) is 0 Å². The number of rotatable bonds is 4. The second kappa shape index (κ2) is 13.3. The van der Waals surface area contributed by atoms with E-state index in [2.05, 4.69) is 16.0 Å². The molecule has 0 spiro atoms. The molecule has 10 heteroatoms. The molecule has 39 heavy (non-hydrogen) atoms. The van der Waals surface area contributed by atoms with Crippen molar-refractivity contribution in [2.45, 2.75) is 37.4 Å². The molecule has 9 nitrogen and oxygen atoms in total. The summed E-state index contributed by atoms with van der Waals surface area (Å²) in [6, 6.07) is 10.4. The summed E-state index contributed by atoms with van der Waals surface area (Å²) in [5.74, 6) is -1.01. The lowest BCUT2D eigenvalue weighted by Gasteiger charge is -2.31. The Morgan fingerprint density at radius 1 is 1.05 bits per heavy atom. The number of aliphatic hydroxyl groups excluding tert-OH is 1. The fourth-order valence-corrected chi connectivity index (χ4v) is 4.57. The lowest BCUT2D eigenvalue weighted by molar-refractivity contribution is -0.143. The highest BCUT2D eigenvalue weighted by Crippen LogP contribution is 2.33. The monoisotopic (exact) mass is 538 g/mol. The van der Waals surface area contributed by atoms with Gasteiger partial charge in [0, 0.05) is 32.1 Å². The number of likely N-dealkylation sites (N-methyl/N-ethyl adjacent to an activating group) is 1. The summed E-state index contributed by atoms with van der Waals surface area (Å²) in [4.78, 5) is 41.1. The summed E-state index contributed by atoms with van der Waals surface area (Å²) in [5, 5.41) is 18.8. The van der Waals surface area contributed by atoms with Gasteiger partial charge in [0.15, 0.2) is 0 Å². The Balaban J connectivity index is 1.60. The van der Waals surface area contributed by atoms with E-state index in [1.54, 1.807) is 18.2 Å². The average molecular weight is 539 g/mol. The van der Waals surface area contributed by atoms with Crippen molar-refractivity contribution in [1.29, 1.82) is 0 Å². The molecule has 1 aliphatic heterocycles. The summed E-state index contributed by atoms with van der Waals surface area (Å²) in [7, 11) is 1.48. The minimum Gasteiger partial charge on any atom is -0.492 e. The Morgan fingerprint density at radius 2 is 1.79 bits per heavy atom. The van der Waals surface area contributed by atoms with Gasteiger partial charge in [-0.05, 0) is 42.5 Å². The number of ether oxygens (including phenoxy) is 1. The third-order valence-electron chi connectivity index (χ3n) is 6.97. The molecule has 2 aromatic rings. The van der Waals surface area contributed by atoms with E-state index < -0.39 is 42.4 Å². The number of para-hydroxylation sites is 1. The van der Waals surface area contributed by atoms with E-state index in [1.165, 1.54) is 24.1 Å². The molecule has 1 aliphatic carbocycles. The quantitative estimate of drug-likeness (QED) is 0.466. The first-order valence-corrected chi connectivity index (χ1v) is 13.2. The molecule has 2 aromatic carbocycles. The summed E-state index contributed by atoms with van der Waals surface area (Å²) in [5.41, 5.74) is 1.48. The van der Waals surface area contributed by atoms with Gasteiger partial charge in [-0.1, -0.05) is 42.5 Å². The van der Waals surface area contributed by atoms with E-state index in [0.717, 1.165) is 18.4 Å². The first kappa shape index (κ1) is 28.3. The lowest BCUT2D eigenvalue weighted by Crippen LogP contribution is -2.58. The Bertz CT molecular complexity index is 1180. The van der Waals surface area contributed by atoms with Gasteiger partial charge in [-0.3, -0.25) is 14.4 Å². The lowest BCUT2D eigenvalue weighted by atomic mass is 10.0. The van der Waals surface area contributed by atoms with Crippen LogP contribution in [-0.2, 0) is 20.8 Å². The van der Waals surface area contributed by atoms with Crippen LogP contribution in [0, 0.1) is 11.7 Å². The number of aliphatic hydroxyl groups is 1. The summed E-state index contributed by atoms with van der Waals surface area (Å²) in [6.07, 6.45) is 5.50. The van der Waals surface area contributed by atoms with Crippen LogP contribution >= 0.6 is 0 Å². The Hall–Kier alpha value is -3.76. The Labute approximate surface area is 227 Å². The van der Waals surface area contributed by atoms with Crippen molar-refractivity contribution in [3.05, 3.63) is 71.6 Å². The van der Waals surface area contributed by atoms with E-state index >= 15 is 0 Å². The standard InChI is InChI=1S/C29H35FN4O5/c1-34-24(18-35)28(37)33-23(17-19-8-12-22(30)13-9-19)27(36)32-14-4-6-20-5-2-3-7-25(20)39-16-15-31-26(29(34)38)21-10-11-21/h2-9,12-13,21,23-24,26,31,35H,10-11,14-18H2,1H3,(H,32,36)(H,33,37)/t23-,24+,26+/m1/s1. The third-order valence-corrected chi connectivity index (χ3v) is 6.97. The molecule has 0 unspecified atom stereocenters. The highest BCUT2D eigenvalue weighted by Gasteiger charge is 2.40. The zero-order chi connectivity index (χ0) is 27.8. The highest BCUT2D eigenvalue weighted by molar-refractivity contribution is 5.93. The van der Waals surface area contributed by atoms with Gasteiger partial charge in [-0.2, -0.15) is 0 Å². The largest absolute Gasteiger partial charge is 0.492 e. The molecule has 208 valence electrons. The number of amides is 3. The number of hydrogen-bond acceptors (Lipinski definition) is 6. The van der Waals surface area contributed by atoms with Crippen molar-refractivity contribution in [3.8, 4) is 5.75 Å². The number of benzene rings is 2. The van der Waals surface area contributed by atoms with Crippen LogP contribution in [0.5, 0.6) is 5.75 Å². The van der Waals surface area contributed by atoms with Gasteiger partial charge < -0.3 is 30.7 Å². The normalized spacial score (nSPS) is 23.6. The van der Waals surface area contributed by atoms with Crippen molar-refractivity contribution in [2.24, 2.45) is 5.92 Å². The smallest absolute Gasteiger partial charge is 0.245 e. The van der Waals surface area contributed by atoms with E-state index in [4.69, 9.17) is 4.74 Å². The number of nitrogens with one attached hydrogen (secondary N) is 3. The van der Waals surface area contributed by atoms with E-state index in [9.17, 15) is 23.9 Å². The molecule has 1 heterocycles. The molecule has 4 rings (SSSR count). The first-order chi connectivity index (χ1) is 18.9. The molecule has 0 aromatic heterocycles. The summed E-state index contributed by atoms with van der Waals surface area (Å²) < 4.78 is 19.4. The second-order valence-electron chi connectivity index (χ2n) is 9.84. The fourth-order valence-electron chi connectivity index (χ4n) is 4.57. The van der Waals surface area contributed by atoms with Crippen LogP contribution in [0.1, 0.15) is 24.0 Å². The molecular weight excluding hydrogens is 503 g/mol. The number of carbonyl (C=O) groups is 3. The predicted molar refractivity (Wildman–Crippen MR) is 144 cm³/mol. The molecular formula is C29H35FN4O5. The predicted octanol–water partition coefficient (Wildman–Crippen LogP) is 1.26. The van der Waals surface area contributed by atoms with E-state index in [0.29, 0.717) is 24.5 Å². The SMILES string of the molecule is CN1C(=O)[C@H](C2CC2)NCCOc2ccccc2C=CCNC(=O)[C@@H](Cc2ccc(F)cc2)NC(=O)[C@@H]1CO. The van der Waals surface area contributed by atoms with Crippen LogP contribution < -0.4 is 20.7 Å². The Kier molecular flexibility index (Phi) is 9.67. The van der Waals surface area contributed by atoms with Crippen LogP contribution in [-0.4, -0.2) is 79.2 Å². The zero-order valence-corrected chi connectivity index (χ0v) is 21.9. The number of nitrogens with zero attached hydrogens (tertiary/aromatic N) is 1. The molecule has 1 fully saturated rings. The van der Waals surface area contributed by atoms with Crippen molar-refractivity contribution >= 4 is 23.8 Å². The third kappa shape index (κ3) is 7.64. The topological polar surface area (TPSA) is 120 Å². The molecule has 1 saturated carbocycles. The molecule has 0 radical (unpaired) electrons. The minimum absolute atomic E-state index is 0.0975. The maximum atomic E-state index is 13.4. The highest BCUT2D eigenvalue weighted by atomic mass is 19.1. The maximum absolute atomic E-state index is 13.4. The zero-order valence-electron chi connectivity index (χ0n) is 21.9. The summed E-state index contributed by atoms with van der Waals surface area (Å²) in [6.45, 7) is 0.329. The molecule has 3 amide bonds. The van der Waals surface area contributed by atoms with Gasteiger partial charge in [0.2, 0.25) is 17.7 Å². The first-order valence-electron chi connectivity index (χ1n) is 13.2. The van der Waals surface area contributed by atoms with Gasteiger partial charge in [0.05, 0.1) is 12.6 Å². The van der Waals surface area contributed by atoms with Gasteiger partial charge in [0.25, 0.3) is 0 Å². The van der Waals surface area contributed by atoms with Crippen LogP contribution in [0.15, 0.2) is 54.6 Å². The van der Waals surface area contributed by atoms with Gasteiger partial charge in [0.1, 0.15) is 30.3 Å². The number of carbonyl (C=O) groups excluding carboxylic acids is 3. The molecule has 0 bridgehead atoms. The molecule has 0 saturated heterocycles. The fraction of sp³-hybridized carbons (Fsp3) is 0.414. The van der Waals surface area contributed by atoms with E-state index in [1.807, 2.05) is 30.3 Å². The number of fused-ring (bicyclic) bond motifs is 1. The van der Waals surface area contributed by atoms with Gasteiger partial charge >= 0.3 is 0 Å². The van der Waals surface area contributed by atoms with Gasteiger partial charge in [-0.25, -0.2) is 4.39 Å². The van der Waals surface area contributed by atoms with Crippen LogP contribution in [0.2, 0.25) is 0 Å². The van der Waals surface area contributed by atoms with Crippen molar-refractivity contribution in [2.75, 3.05) is 33.4 Å². The van der Waals surface area contributed by atoms with Crippen molar-refractivity contribution in [1.82, 2.24) is 20.9 Å². The second-order valence-corrected chi connectivity index (χ2v) is 9.84. The number of hydrogen-bond donors (Lipinski definition) is 4. The average Bonchev–Trinajstić information content (AvgIpc) is 3.77. The Morgan fingerprint density at radius 3 is 2.51 bits per heavy atom. The van der Waals surface area contributed by atoms with Gasteiger partial charge in [-0.15, -0.1) is 0 Å². The molecule has 2 aliphatic rings. The maximum Gasteiger partial charge on any atom is 0.245 e.